The lowest BCUT2D eigenvalue weighted by Gasteiger charge is -2.26. The number of rotatable bonds is 3. The van der Waals surface area contributed by atoms with E-state index in [1.165, 1.54) is 11.8 Å². The molecule has 3 N–H and O–H groups in total. The largest absolute Gasteiger partial charge is 0.376 e. The molecule has 25 heavy (non-hydrogen) atoms. The van der Waals surface area contributed by atoms with Gasteiger partial charge in [-0.2, -0.15) is 10.1 Å². The van der Waals surface area contributed by atoms with E-state index in [1.54, 1.807) is 43.2 Å². The summed E-state index contributed by atoms with van der Waals surface area (Å²) >= 11 is 0. The number of anilines is 1. The van der Waals surface area contributed by atoms with Gasteiger partial charge in [0.1, 0.15) is 0 Å². The fraction of sp³-hybridized carbons (Fsp3) is 0.294. The minimum Gasteiger partial charge on any atom is -0.376 e. The van der Waals surface area contributed by atoms with Gasteiger partial charge in [0.2, 0.25) is 5.95 Å². The average molecular weight is 340 g/mol. The first-order valence-electron chi connectivity index (χ1n) is 7.74. The Morgan fingerprint density at radius 2 is 2.04 bits per heavy atom. The van der Waals surface area contributed by atoms with Crippen LogP contribution in [0.25, 0.3) is 16.7 Å². The zero-order valence-corrected chi connectivity index (χ0v) is 14.6. The summed E-state index contributed by atoms with van der Waals surface area (Å²) in [6.45, 7) is 3.36. The highest BCUT2D eigenvalue weighted by atomic mass is 16.3. The number of likely N-dealkylation sites (N-methyl/N-ethyl adjacent to an activating group) is 1. The molecule has 0 fully saturated rings. The number of fused-ring (bicyclic) bond motifs is 1. The third-order valence-electron chi connectivity index (χ3n) is 4.13. The van der Waals surface area contributed by atoms with Gasteiger partial charge in [-0.15, -0.1) is 0 Å². The lowest BCUT2D eigenvalue weighted by atomic mass is 9.93. The van der Waals surface area contributed by atoms with E-state index < -0.39 is 11.5 Å². The SMILES string of the molecule is Cc1nn(-c2ccnc(N)n2)c2cc(C(C)(O)C(=O)N(C)C)ccc12. The topological polar surface area (TPSA) is 110 Å². The van der Waals surface area contributed by atoms with Crippen LogP contribution >= 0.6 is 0 Å². The van der Waals surface area contributed by atoms with Crippen LogP contribution in [-0.4, -0.2) is 49.8 Å². The molecular formula is C17H20N6O2. The molecule has 0 aliphatic rings. The van der Waals surface area contributed by atoms with Gasteiger partial charge in [-0.25, -0.2) is 9.67 Å². The van der Waals surface area contributed by atoms with E-state index in [1.807, 2.05) is 13.0 Å². The first-order chi connectivity index (χ1) is 11.7. The Hall–Kier alpha value is -3.00. The molecule has 3 rings (SSSR count). The molecule has 130 valence electrons. The van der Waals surface area contributed by atoms with E-state index in [0.717, 1.165) is 16.6 Å². The Balaban J connectivity index is 2.20. The summed E-state index contributed by atoms with van der Waals surface area (Å²) in [5, 5.41) is 16.1. The van der Waals surface area contributed by atoms with Crippen LogP contribution in [0.15, 0.2) is 30.5 Å². The van der Waals surface area contributed by atoms with Crippen molar-refractivity contribution in [2.75, 3.05) is 19.8 Å². The molecule has 3 aromatic rings. The fourth-order valence-corrected chi connectivity index (χ4v) is 2.79. The molecule has 0 spiro atoms. The Morgan fingerprint density at radius 1 is 1.32 bits per heavy atom. The maximum atomic E-state index is 12.3. The molecule has 0 aliphatic heterocycles. The van der Waals surface area contributed by atoms with E-state index >= 15 is 0 Å². The van der Waals surface area contributed by atoms with E-state index in [-0.39, 0.29) is 5.95 Å². The van der Waals surface area contributed by atoms with Crippen molar-refractivity contribution in [1.29, 1.82) is 0 Å². The van der Waals surface area contributed by atoms with Crippen molar-refractivity contribution < 1.29 is 9.90 Å². The lowest BCUT2D eigenvalue weighted by molar-refractivity contribution is -0.147. The number of amides is 1. The standard InChI is InChI=1S/C17H20N6O2/c1-10-12-6-5-11(17(2,25)15(24)22(3)4)9-13(12)23(21-10)14-7-8-19-16(18)20-14/h5-9,25H,1-4H3,(H2,18,19,20). The van der Waals surface area contributed by atoms with E-state index in [4.69, 9.17) is 5.73 Å². The van der Waals surface area contributed by atoms with Crippen molar-refractivity contribution in [1.82, 2.24) is 24.6 Å². The summed E-state index contributed by atoms with van der Waals surface area (Å²) in [6.07, 6.45) is 1.55. The highest BCUT2D eigenvalue weighted by Crippen LogP contribution is 2.28. The van der Waals surface area contributed by atoms with Crippen LogP contribution in [0.5, 0.6) is 0 Å². The maximum Gasteiger partial charge on any atom is 0.258 e. The molecule has 0 aliphatic carbocycles. The molecule has 8 heteroatoms. The number of nitrogens with zero attached hydrogens (tertiary/aromatic N) is 5. The second-order valence-electron chi connectivity index (χ2n) is 6.27. The Bertz CT molecular complexity index is 961. The predicted molar refractivity (Wildman–Crippen MR) is 94.1 cm³/mol. The Morgan fingerprint density at radius 3 is 2.68 bits per heavy atom. The number of nitrogen functional groups attached to an aromatic ring is 1. The summed E-state index contributed by atoms with van der Waals surface area (Å²) in [5.41, 5.74) is 6.02. The minimum absolute atomic E-state index is 0.143. The van der Waals surface area contributed by atoms with Crippen LogP contribution in [0.2, 0.25) is 0 Å². The predicted octanol–water partition coefficient (Wildman–Crippen LogP) is 1.00. The molecule has 0 radical (unpaired) electrons. The van der Waals surface area contributed by atoms with Crippen LogP contribution < -0.4 is 5.73 Å². The van der Waals surface area contributed by atoms with Gasteiger partial charge in [-0.05, 0) is 25.5 Å². The average Bonchev–Trinajstić information content (AvgIpc) is 2.90. The minimum atomic E-state index is -1.65. The quantitative estimate of drug-likeness (QED) is 0.736. The molecular weight excluding hydrogens is 320 g/mol. The molecule has 0 bridgehead atoms. The molecule has 2 heterocycles. The molecule has 1 unspecified atom stereocenters. The number of benzene rings is 1. The van der Waals surface area contributed by atoms with Crippen LogP contribution in [-0.2, 0) is 10.4 Å². The number of carbonyl (C=O) groups is 1. The number of hydrogen-bond donors (Lipinski definition) is 2. The monoisotopic (exact) mass is 340 g/mol. The van der Waals surface area contributed by atoms with Crippen LogP contribution in [0.3, 0.4) is 0 Å². The van der Waals surface area contributed by atoms with Gasteiger partial charge in [-0.1, -0.05) is 12.1 Å². The van der Waals surface area contributed by atoms with Crippen molar-refractivity contribution in [3.05, 3.63) is 41.7 Å². The second-order valence-corrected chi connectivity index (χ2v) is 6.27. The first-order valence-corrected chi connectivity index (χ1v) is 7.74. The van der Waals surface area contributed by atoms with Gasteiger partial charge >= 0.3 is 0 Å². The van der Waals surface area contributed by atoms with Gasteiger partial charge in [0.05, 0.1) is 11.2 Å². The number of carbonyl (C=O) groups excluding carboxylic acids is 1. The van der Waals surface area contributed by atoms with Crippen molar-refractivity contribution in [3.63, 3.8) is 0 Å². The maximum absolute atomic E-state index is 12.3. The molecule has 0 saturated heterocycles. The smallest absolute Gasteiger partial charge is 0.258 e. The third-order valence-corrected chi connectivity index (χ3v) is 4.13. The fourth-order valence-electron chi connectivity index (χ4n) is 2.79. The van der Waals surface area contributed by atoms with Crippen LogP contribution in [0.1, 0.15) is 18.2 Å². The lowest BCUT2D eigenvalue weighted by Crippen LogP contribution is -2.41. The molecule has 8 nitrogen and oxygen atoms in total. The number of nitrogens with two attached hydrogens (primary N) is 1. The normalized spacial score (nSPS) is 13.6. The van der Waals surface area contributed by atoms with Crippen LogP contribution in [0, 0.1) is 6.92 Å². The van der Waals surface area contributed by atoms with Crippen molar-refractivity contribution in [2.45, 2.75) is 19.4 Å². The summed E-state index contributed by atoms with van der Waals surface area (Å²) in [7, 11) is 3.21. The Kier molecular flexibility index (Phi) is 3.92. The molecule has 1 aromatic carbocycles. The van der Waals surface area contributed by atoms with Crippen LogP contribution in [0.4, 0.5) is 5.95 Å². The number of aromatic nitrogens is 4. The molecule has 0 saturated carbocycles. The van der Waals surface area contributed by atoms with E-state index in [9.17, 15) is 9.90 Å². The highest BCUT2D eigenvalue weighted by Gasteiger charge is 2.34. The van der Waals surface area contributed by atoms with Gasteiger partial charge in [0, 0.05) is 31.7 Å². The number of hydrogen-bond acceptors (Lipinski definition) is 6. The van der Waals surface area contributed by atoms with Crippen molar-refractivity contribution in [3.8, 4) is 5.82 Å². The van der Waals surface area contributed by atoms with E-state index in [2.05, 4.69) is 15.1 Å². The summed E-state index contributed by atoms with van der Waals surface area (Å²) in [6, 6.07) is 7.01. The summed E-state index contributed by atoms with van der Waals surface area (Å²) in [5.74, 6) is 0.256. The summed E-state index contributed by atoms with van der Waals surface area (Å²) in [4.78, 5) is 21.8. The van der Waals surface area contributed by atoms with Crippen molar-refractivity contribution >= 4 is 22.8 Å². The Labute approximate surface area is 144 Å². The number of aliphatic hydroxyl groups is 1. The summed E-state index contributed by atoms with van der Waals surface area (Å²) < 4.78 is 1.63. The first kappa shape index (κ1) is 16.8. The molecule has 2 aromatic heterocycles. The van der Waals surface area contributed by atoms with Gasteiger partial charge in [0.25, 0.3) is 5.91 Å². The van der Waals surface area contributed by atoms with E-state index in [0.29, 0.717) is 11.4 Å². The zero-order chi connectivity index (χ0) is 18.4. The third kappa shape index (κ3) is 2.80. The second kappa shape index (κ2) is 5.82. The van der Waals surface area contributed by atoms with Gasteiger partial charge in [0.15, 0.2) is 11.4 Å². The van der Waals surface area contributed by atoms with Gasteiger partial charge in [-0.3, -0.25) is 4.79 Å². The number of aryl methyl sites for hydroxylation is 1. The highest BCUT2D eigenvalue weighted by molar-refractivity contribution is 5.89. The van der Waals surface area contributed by atoms with Gasteiger partial charge < -0.3 is 15.7 Å². The molecule has 1 amide bonds. The van der Waals surface area contributed by atoms with Crippen molar-refractivity contribution in [2.24, 2.45) is 0 Å². The molecule has 1 atom stereocenters. The zero-order valence-electron chi connectivity index (χ0n) is 14.6.